The lowest BCUT2D eigenvalue weighted by Gasteiger charge is -2.34. The Morgan fingerprint density at radius 1 is 1.26 bits per heavy atom. The number of carbonyl (C=O) groups excluding carboxylic acids is 1. The summed E-state index contributed by atoms with van der Waals surface area (Å²) in [6.45, 7) is 13.1. The number of halogens is 1. The van der Waals surface area contributed by atoms with Gasteiger partial charge in [-0.1, -0.05) is 29.8 Å². The molecule has 38 heavy (non-hydrogen) atoms. The van der Waals surface area contributed by atoms with E-state index in [1.165, 1.54) is 4.57 Å². The van der Waals surface area contributed by atoms with Gasteiger partial charge in [0.05, 0.1) is 22.9 Å². The summed E-state index contributed by atoms with van der Waals surface area (Å²) in [5, 5.41) is 3.61. The summed E-state index contributed by atoms with van der Waals surface area (Å²) in [5.41, 5.74) is 0.983. The molecule has 11 heteroatoms. The maximum absolute atomic E-state index is 13.2. The van der Waals surface area contributed by atoms with Gasteiger partial charge in [0.25, 0.3) is 5.56 Å². The summed E-state index contributed by atoms with van der Waals surface area (Å²) in [4.78, 5) is 47.4. The number of amides is 1. The van der Waals surface area contributed by atoms with Crippen LogP contribution >= 0.6 is 15.9 Å². The van der Waals surface area contributed by atoms with Crippen LogP contribution < -0.4 is 21.3 Å². The van der Waals surface area contributed by atoms with E-state index < -0.39 is 16.9 Å². The highest BCUT2D eigenvalue weighted by molar-refractivity contribution is 9.10. The normalized spacial score (nSPS) is 16.2. The number of hydrogen-bond donors (Lipinski definition) is 2. The molecule has 1 fully saturated rings. The molecule has 1 aliphatic heterocycles. The molecular weight excluding hydrogens is 554 g/mol. The fourth-order valence-electron chi connectivity index (χ4n) is 4.54. The van der Waals surface area contributed by atoms with E-state index in [0.29, 0.717) is 41.1 Å². The Labute approximate surface area is 229 Å². The molecule has 10 nitrogen and oxygen atoms in total. The predicted molar refractivity (Wildman–Crippen MR) is 150 cm³/mol. The van der Waals surface area contributed by atoms with Gasteiger partial charge in [-0.15, -0.1) is 0 Å². The standard InChI is InChI=1S/C27H34BrN5O5/c1-15(2)22-23(16(3)7-8-30-22)33-19-11-17(28)12-20(21(19)24(34)31-25(33)35)37-14-18-13-32(10-9-29-18)26(36)38-27(4,5)6/h7-8,11-12,15,18,29H,9-10,13-14H2,1-6H3,(H,31,34,35)/t18-/m0/s1. The lowest BCUT2D eigenvalue weighted by molar-refractivity contribution is 0.0178. The van der Waals surface area contributed by atoms with E-state index in [2.05, 4.69) is 31.2 Å². The number of fused-ring (bicyclic) bond motifs is 1. The second kappa shape index (κ2) is 10.9. The zero-order chi connectivity index (χ0) is 27.8. The van der Waals surface area contributed by atoms with Crippen molar-refractivity contribution in [3.8, 4) is 11.4 Å². The predicted octanol–water partition coefficient (Wildman–Crippen LogP) is 3.86. The van der Waals surface area contributed by atoms with Gasteiger partial charge in [0.15, 0.2) is 0 Å². The van der Waals surface area contributed by atoms with Crippen LogP contribution in [0.4, 0.5) is 4.79 Å². The highest BCUT2D eigenvalue weighted by Crippen LogP contribution is 2.31. The second-order valence-electron chi connectivity index (χ2n) is 10.8. The first kappa shape index (κ1) is 27.8. The van der Waals surface area contributed by atoms with E-state index in [1.54, 1.807) is 23.2 Å². The number of aromatic amines is 1. The van der Waals surface area contributed by atoms with Crippen molar-refractivity contribution in [1.29, 1.82) is 0 Å². The SMILES string of the molecule is Cc1ccnc(C(C)C)c1-n1c(=O)[nH]c(=O)c2c(OC[C@@H]3CN(C(=O)OC(C)(C)C)CCN3)cc(Br)cc21. The molecule has 3 aromatic rings. The van der Waals surface area contributed by atoms with Crippen LogP contribution in [-0.4, -0.2) is 63.4 Å². The Balaban J connectivity index is 1.71. The molecular formula is C27H34BrN5O5. The Morgan fingerprint density at radius 2 is 2.00 bits per heavy atom. The number of aryl methyl sites for hydroxylation is 1. The van der Waals surface area contributed by atoms with Crippen LogP contribution in [0.25, 0.3) is 16.6 Å². The lowest BCUT2D eigenvalue weighted by atomic mass is 10.0. The first-order valence-corrected chi connectivity index (χ1v) is 13.4. The molecule has 1 aliphatic rings. The van der Waals surface area contributed by atoms with Gasteiger partial charge in [-0.2, -0.15) is 0 Å². The lowest BCUT2D eigenvalue weighted by Crippen LogP contribution is -2.55. The molecule has 0 unspecified atom stereocenters. The number of ether oxygens (including phenoxy) is 2. The summed E-state index contributed by atoms with van der Waals surface area (Å²) in [6, 6.07) is 5.10. The molecule has 0 bridgehead atoms. The highest BCUT2D eigenvalue weighted by Gasteiger charge is 2.28. The van der Waals surface area contributed by atoms with Crippen LogP contribution in [0.3, 0.4) is 0 Å². The van der Waals surface area contributed by atoms with Gasteiger partial charge in [0, 0.05) is 30.3 Å². The van der Waals surface area contributed by atoms with E-state index in [9.17, 15) is 14.4 Å². The van der Waals surface area contributed by atoms with Gasteiger partial charge in [0.1, 0.15) is 23.3 Å². The number of piperazine rings is 1. The van der Waals surface area contributed by atoms with Crippen molar-refractivity contribution in [3.05, 3.63) is 61.0 Å². The Morgan fingerprint density at radius 3 is 2.68 bits per heavy atom. The monoisotopic (exact) mass is 587 g/mol. The summed E-state index contributed by atoms with van der Waals surface area (Å²) in [5.74, 6) is 0.375. The van der Waals surface area contributed by atoms with Crippen LogP contribution in [0, 0.1) is 6.92 Å². The highest BCUT2D eigenvalue weighted by atomic mass is 79.9. The van der Waals surface area contributed by atoms with Crippen molar-refractivity contribution >= 4 is 32.9 Å². The molecule has 2 aromatic heterocycles. The average Bonchev–Trinajstić information content (AvgIpc) is 2.82. The smallest absolute Gasteiger partial charge is 0.410 e. The quantitative estimate of drug-likeness (QED) is 0.465. The molecule has 2 N–H and O–H groups in total. The minimum absolute atomic E-state index is 0.0481. The number of hydrogen-bond acceptors (Lipinski definition) is 7. The van der Waals surface area contributed by atoms with Crippen LogP contribution in [0.1, 0.15) is 51.8 Å². The number of pyridine rings is 1. The van der Waals surface area contributed by atoms with Gasteiger partial charge in [0.2, 0.25) is 0 Å². The van der Waals surface area contributed by atoms with Gasteiger partial charge >= 0.3 is 11.8 Å². The molecule has 1 saturated heterocycles. The summed E-state index contributed by atoms with van der Waals surface area (Å²) < 4.78 is 13.8. The maximum Gasteiger partial charge on any atom is 0.410 e. The van der Waals surface area contributed by atoms with E-state index in [-0.39, 0.29) is 30.0 Å². The third-order valence-electron chi connectivity index (χ3n) is 6.21. The Hall–Kier alpha value is -3.18. The molecule has 0 saturated carbocycles. The third kappa shape index (κ3) is 5.94. The number of carbonyl (C=O) groups is 1. The Bertz CT molecular complexity index is 1470. The van der Waals surface area contributed by atoms with Crippen molar-refractivity contribution < 1.29 is 14.3 Å². The fraction of sp³-hybridized carbons (Fsp3) is 0.481. The molecule has 1 amide bonds. The van der Waals surface area contributed by atoms with Crippen molar-refractivity contribution in [1.82, 2.24) is 24.8 Å². The van der Waals surface area contributed by atoms with E-state index >= 15 is 0 Å². The molecule has 0 aliphatic carbocycles. The summed E-state index contributed by atoms with van der Waals surface area (Å²) in [6.07, 6.45) is 1.35. The number of benzene rings is 1. The molecule has 1 aromatic carbocycles. The van der Waals surface area contributed by atoms with Crippen LogP contribution in [0.2, 0.25) is 0 Å². The molecule has 204 valence electrons. The molecule has 3 heterocycles. The van der Waals surface area contributed by atoms with Gasteiger partial charge in [-0.3, -0.25) is 19.3 Å². The van der Waals surface area contributed by atoms with Crippen LogP contribution in [-0.2, 0) is 4.74 Å². The number of nitrogens with zero attached hydrogens (tertiary/aromatic N) is 3. The third-order valence-corrected chi connectivity index (χ3v) is 6.67. The maximum atomic E-state index is 13.2. The second-order valence-corrected chi connectivity index (χ2v) is 11.7. The first-order chi connectivity index (χ1) is 17.9. The molecule has 0 spiro atoms. The minimum Gasteiger partial charge on any atom is -0.491 e. The van der Waals surface area contributed by atoms with Crippen LogP contribution in [0.5, 0.6) is 5.75 Å². The number of nitrogens with one attached hydrogen (secondary N) is 2. The van der Waals surface area contributed by atoms with Crippen molar-refractivity contribution in [2.75, 3.05) is 26.2 Å². The number of rotatable bonds is 5. The van der Waals surface area contributed by atoms with E-state index in [4.69, 9.17) is 9.47 Å². The number of aromatic nitrogens is 3. The minimum atomic E-state index is -0.581. The van der Waals surface area contributed by atoms with Crippen molar-refractivity contribution in [2.45, 2.75) is 59.1 Å². The molecule has 1 atom stereocenters. The van der Waals surface area contributed by atoms with E-state index in [1.807, 2.05) is 47.6 Å². The largest absolute Gasteiger partial charge is 0.491 e. The number of H-pyrrole nitrogens is 1. The van der Waals surface area contributed by atoms with E-state index in [0.717, 1.165) is 11.3 Å². The summed E-state index contributed by atoms with van der Waals surface area (Å²) >= 11 is 3.52. The fourth-order valence-corrected chi connectivity index (χ4v) is 4.96. The first-order valence-electron chi connectivity index (χ1n) is 12.6. The van der Waals surface area contributed by atoms with Crippen LogP contribution in [0.15, 0.2) is 38.5 Å². The topological polar surface area (TPSA) is 119 Å². The van der Waals surface area contributed by atoms with Crippen molar-refractivity contribution in [2.24, 2.45) is 0 Å². The zero-order valence-electron chi connectivity index (χ0n) is 22.6. The van der Waals surface area contributed by atoms with Crippen molar-refractivity contribution in [3.63, 3.8) is 0 Å². The summed E-state index contributed by atoms with van der Waals surface area (Å²) in [7, 11) is 0. The zero-order valence-corrected chi connectivity index (χ0v) is 24.1. The molecule has 0 radical (unpaired) electrons. The average molecular weight is 589 g/mol. The van der Waals surface area contributed by atoms with Gasteiger partial charge in [-0.25, -0.2) is 9.59 Å². The molecule has 4 rings (SSSR count). The Kier molecular flexibility index (Phi) is 7.98. The van der Waals surface area contributed by atoms with Gasteiger partial charge in [-0.05, 0) is 57.4 Å². The van der Waals surface area contributed by atoms with Gasteiger partial charge < -0.3 is 19.7 Å².